The number of hydrogen-bond donors (Lipinski definition) is 1. The lowest BCUT2D eigenvalue weighted by Crippen LogP contribution is -2.49. The predicted molar refractivity (Wildman–Crippen MR) is 127 cm³/mol. The molecule has 1 atom stereocenters. The SMILES string of the molecule is CC.CCC(C)c1cc(N2CCN(C)C(=O)C2)c(C(=O)NC2CCCCC2)cc1[N+](=O)[O-]. The van der Waals surface area contributed by atoms with Crippen LogP contribution >= 0.6 is 0 Å². The lowest BCUT2D eigenvalue weighted by Gasteiger charge is -2.35. The van der Waals surface area contributed by atoms with E-state index in [4.69, 9.17) is 0 Å². The number of carbonyl (C=O) groups excluding carboxylic acids is 2. The molecule has 32 heavy (non-hydrogen) atoms. The standard InChI is InChI=1S/C22H32N4O4.C2H6/c1-4-15(2)17-12-19(25-11-10-24(3)21(27)14-25)18(13-20(17)26(29)30)22(28)23-16-8-6-5-7-9-16;1-2/h12-13,15-16H,4-11,14H2,1-3H3,(H,23,28);1-2H3. The molecule has 0 radical (unpaired) electrons. The number of benzene rings is 1. The summed E-state index contributed by atoms with van der Waals surface area (Å²) in [6.45, 7) is 9.24. The minimum Gasteiger partial charge on any atom is -0.360 e. The summed E-state index contributed by atoms with van der Waals surface area (Å²) in [5.41, 5.74) is 1.49. The van der Waals surface area contributed by atoms with Crippen molar-refractivity contribution in [2.24, 2.45) is 0 Å². The largest absolute Gasteiger partial charge is 0.360 e. The molecule has 1 aliphatic carbocycles. The first kappa shape index (κ1) is 25.6. The normalized spacial score (nSPS) is 18.0. The van der Waals surface area contributed by atoms with Crippen LogP contribution in [0.3, 0.4) is 0 Å². The van der Waals surface area contributed by atoms with Crippen molar-refractivity contribution in [1.29, 1.82) is 0 Å². The van der Waals surface area contributed by atoms with E-state index in [2.05, 4.69) is 5.32 Å². The van der Waals surface area contributed by atoms with Gasteiger partial charge in [0.1, 0.15) is 0 Å². The number of nitro benzene ring substituents is 1. The number of carbonyl (C=O) groups is 2. The van der Waals surface area contributed by atoms with Crippen LogP contribution < -0.4 is 10.2 Å². The van der Waals surface area contributed by atoms with Gasteiger partial charge in [-0.05, 0) is 31.2 Å². The van der Waals surface area contributed by atoms with Crippen LogP contribution in [-0.2, 0) is 4.79 Å². The average Bonchev–Trinajstić information content (AvgIpc) is 2.81. The minimum atomic E-state index is -0.405. The summed E-state index contributed by atoms with van der Waals surface area (Å²) in [5, 5.41) is 14.9. The molecule has 1 saturated heterocycles. The molecule has 0 aromatic heterocycles. The quantitative estimate of drug-likeness (QED) is 0.514. The Bertz CT molecular complexity index is 820. The summed E-state index contributed by atoms with van der Waals surface area (Å²) in [4.78, 5) is 40.4. The van der Waals surface area contributed by atoms with Gasteiger partial charge in [-0.1, -0.05) is 47.0 Å². The number of amides is 2. The van der Waals surface area contributed by atoms with E-state index >= 15 is 0 Å². The van der Waals surface area contributed by atoms with Gasteiger partial charge in [0.05, 0.1) is 22.7 Å². The van der Waals surface area contributed by atoms with Crippen molar-refractivity contribution < 1.29 is 14.5 Å². The van der Waals surface area contributed by atoms with Gasteiger partial charge in [0.2, 0.25) is 5.91 Å². The molecule has 1 heterocycles. The zero-order valence-electron chi connectivity index (χ0n) is 20.1. The highest BCUT2D eigenvalue weighted by Crippen LogP contribution is 2.36. The van der Waals surface area contributed by atoms with E-state index in [1.54, 1.807) is 18.0 Å². The van der Waals surface area contributed by atoms with Crippen molar-refractivity contribution in [3.05, 3.63) is 33.4 Å². The van der Waals surface area contributed by atoms with Gasteiger partial charge in [0, 0.05) is 37.8 Å². The number of nitrogens with one attached hydrogen (secondary N) is 1. The predicted octanol–water partition coefficient (Wildman–Crippen LogP) is 4.48. The Balaban J connectivity index is 0.00000176. The average molecular weight is 447 g/mol. The number of nitro groups is 1. The molecule has 1 aliphatic heterocycles. The summed E-state index contributed by atoms with van der Waals surface area (Å²) < 4.78 is 0. The van der Waals surface area contributed by atoms with Crippen molar-refractivity contribution in [2.75, 3.05) is 31.6 Å². The third-order valence-electron chi connectivity index (χ3n) is 6.47. The molecule has 2 amide bonds. The summed E-state index contributed by atoms with van der Waals surface area (Å²) >= 11 is 0. The second-order valence-corrected chi connectivity index (χ2v) is 8.54. The second kappa shape index (κ2) is 11.8. The number of anilines is 1. The first-order chi connectivity index (χ1) is 15.3. The van der Waals surface area contributed by atoms with Crippen molar-refractivity contribution in [3.8, 4) is 0 Å². The van der Waals surface area contributed by atoms with Crippen molar-refractivity contribution >= 4 is 23.2 Å². The molecule has 8 nitrogen and oxygen atoms in total. The molecule has 2 fully saturated rings. The molecule has 1 saturated carbocycles. The van der Waals surface area contributed by atoms with Gasteiger partial charge in [-0.15, -0.1) is 0 Å². The third-order valence-corrected chi connectivity index (χ3v) is 6.47. The van der Waals surface area contributed by atoms with Crippen LogP contribution in [0.15, 0.2) is 12.1 Å². The van der Waals surface area contributed by atoms with E-state index in [1.807, 2.05) is 32.6 Å². The van der Waals surface area contributed by atoms with Crippen LogP contribution in [0.4, 0.5) is 11.4 Å². The maximum absolute atomic E-state index is 13.2. The molecule has 178 valence electrons. The lowest BCUT2D eigenvalue weighted by atomic mass is 9.92. The highest BCUT2D eigenvalue weighted by Gasteiger charge is 2.30. The topological polar surface area (TPSA) is 95.8 Å². The van der Waals surface area contributed by atoms with Crippen molar-refractivity contribution in [3.63, 3.8) is 0 Å². The van der Waals surface area contributed by atoms with Gasteiger partial charge in [0.25, 0.3) is 11.6 Å². The molecule has 1 N–H and O–H groups in total. The van der Waals surface area contributed by atoms with Gasteiger partial charge >= 0.3 is 0 Å². The summed E-state index contributed by atoms with van der Waals surface area (Å²) in [7, 11) is 1.76. The van der Waals surface area contributed by atoms with E-state index in [-0.39, 0.29) is 41.6 Å². The zero-order valence-corrected chi connectivity index (χ0v) is 20.1. The van der Waals surface area contributed by atoms with Gasteiger partial charge in [0.15, 0.2) is 0 Å². The Morgan fingerprint density at radius 1 is 1.22 bits per heavy atom. The zero-order chi connectivity index (χ0) is 23.8. The lowest BCUT2D eigenvalue weighted by molar-refractivity contribution is -0.385. The highest BCUT2D eigenvalue weighted by atomic mass is 16.6. The van der Waals surface area contributed by atoms with E-state index in [1.165, 1.54) is 12.5 Å². The van der Waals surface area contributed by atoms with Gasteiger partial charge in [-0.25, -0.2) is 0 Å². The molecular formula is C24H38N4O4. The van der Waals surface area contributed by atoms with Gasteiger partial charge in [-0.2, -0.15) is 0 Å². The fourth-order valence-electron chi connectivity index (χ4n) is 4.28. The highest BCUT2D eigenvalue weighted by molar-refractivity contribution is 6.01. The third kappa shape index (κ3) is 5.99. The fraction of sp³-hybridized carbons (Fsp3) is 0.667. The van der Waals surface area contributed by atoms with Crippen LogP contribution in [0.5, 0.6) is 0 Å². The molecule has 2 aliphatic rings. The Hall–Kier alpha value is -2.64. The maximum Gasteiger partial charge on any atom is 0.273 e. The number of hydrogen-bond acceptors (Lipinski definition) is 5. The van der Waals surface area contributed by atoms with E-state index in [9.17, 15) is 19.7 Å². The minimum absolute atomic E-state index is 0.0247. The monoisotopic (exact) mass is 446 g/mol. The number of nitrogens with zero attached hydrogens (tertiary/aromatic N) is 3. The first-order valence-corrected chi connectivity index (χ1v) is 11.9. The molecule has 3 rings (SSSR count). The second-order valence-electron chi connectivity index (χ2n) is 8.54. The molecule has 8 heteroatoms. The molecule has 1 unspecified atom stereocenters. The van der Waals surface area contributed by atoms with Crippen molar-refractivity contribution in [2.45, 2.75) is 78.2 Å². The molecule has 0 bridgehead atoms. The van der Waals surface area contributed by atoms with Gasteiger partial charge < -0.3 is 15.1 Å². The summed E-state index contributed by atoms with van der Waals surface area (Å²) in [5.74, 6) is -0.340. The van der Waals surface area contributed by atoms with E-state index in [0.29, 0.717) is 24.3 Å². The Kier molecular flexibility index (Phi) is 9.47. The molecule has 1 aromatic carbocycles. The fourth-order valence-corrected chi connectivity index (χ4v) is 4.28. The first-order valence-electron chi connectivity index (χ1n) is 11.9. The van der Waals surface area contributed by atoms with Crippen molar-refractivity contribution in [1.82, 2.24) is 10.2 Å². The van der Waals surface area contributed by atoms with E-state index in [0.717, 1.165) is 32.1 Å². The molecular weight excluding hydrogens is 408 g/mol. The summed E-state index contributed by atoms with van der Waals surface area (Å²) in [6.07, 6.45) is 5.95. The Labute approximate surface area is 191 Å². The van der Waals surface area contributed by atoms with E-state index < -0.39 is 4.92 Å². The van der Waals surface area contributed by atoms with Gasteiger partial charge in [-0.3, -0.25) is 19.7 Å². The van der Waals surface area contributed by atoms with Crippen LogP contribution in [0.25, 0.3) is 0 Å². The van der Waals surface area contributed by atoms with Crippen LogP contribution in [0, 0.1) is 10.1 Å². The molecule has 0 spiro atoms. The smallest absolute Gasteiger partial charge is 0.273 e. The Morgan fingerprint density at radius 3 is 2.44 bits per heavy atom. The van der Waals surface area contributed by atoms with Crippen LogP contribution in [-0.4, -0.2) is 54.4 Å². The Morgan fingerprint density at radius 2 is 1.88 bits per heavy atom. The molecule has 1 aromatic rings. The number of rotatable bonds is 6. The summed E-state index contributed by atoms with van der Waals surface area (Å²) in [6, 6.07) is 3.28. The van der Waals surface area contributed by atoms with Crippen LogP contribution in [0.1, 0.15) is 88.1 Å². The van der Waals surface area contributed by atoms with Crippen LogP contribution in [0.2, 0.25) is 0 Å². The number of piperazine rings is 1. The number of likely N-dealkylation sites (N-methyl/N-ethyl adjacent to an activating group) is 1. The maximum atomic E-state index is 13.2.